The molecule has 1 unspecified atom stereocenters. The molecule has 0 radical (unpaired) electrons. The van der Waals surface area contributed by atoms with E-state index in [1.807, 2.05) is 24.3 Å². The number of hydrogen-bond acceptors (Lipinski definition) is 5. The maximum Gasteiger partial charge on any atom is 0.338 e. The maximum atomic E-state index is 12.9. The second-order valence-corrected chi connectivity index (χ2v) is 8.44. The molecule has 3 aromatic rings. The van der Waals surface area contributed by atoms with E-state index in [0.717, 1.165) is 49.2 Å². The molecule has 2 aromatic carbocycles. The lowest BCUT2D eigenvalue weighted by atomic mass is 10.1. The van der Waals surface area contributed by atoms with E-state index in [0.29, 0.717) is 24.0 Å². The molecule has 164 valence electrons. The Morgan fingerprint density at radius 2 is 1.88 bits per heavy atom. The predicted octanol–water partition coefficient (Wildman–Crippen LogP) is 3.26. The number of fused-ring (bicyclic) bond motifs is 3. The first kappa shape index (κ1) is 20.4. The van der Waals surface area contributed by atoms with Gasteiger partial charge in [0.05, 0.1) is 16.5 Å². The highest BCUT2D eigenvalue weighted by Crippen LogP contribution is 2.28. The van der Waals surface area contributed by atoms with E-state index < -0.39 is 12.1 Å². The number of anilines is 1. The second kappa shape index (κ2) is 8.22. The summed E-state index contributed by atoms with van der Waals surface area (Å²) in [5.41, 5.74) is 2.69. The molecular weight excluding hydrogens is 406 g/mol. The predicted molar refractivity (Wildman–Crippen MR) is 121 cm³/mol. The van der Waals surface area contributed by atoms with E-state index in [1.54, 1.807) is 34.6 Å². The van der Waals surface area contributed by atoms with E-state index in [4.69, 9.17) is 4.74 Å². The van der Waals surface area contributed by atoms with Gasteiger partial charge >= 0.3 is 5.97 Å². The fourth-order valence-electron chi connectivity index (χ4n) is 4.61. The molecule has 0 fully saturated rings. The first-order valence-corrected chi connectivity index (χ1v) is 11.2. The Labute approximate surface area is 185 Å². The van der Waals surface area contributed by atoms with Crippen molar-refractivity contribution in [1.82, 2.24) is 9.55 Å². The van der Waals surface area contributed by atoms with Crippen LogP contribution in [0.5, 0.6) is 0 Å². The van der Waals surface area contributed by atoms with Crippen molar-refractivity contribution in [3.63, 3.8) is 0 Å². The van der Waals surface area contributed by atoms with Gasteiger partial charge in [-0.1, -0.05) is 24.6 Å². The molecule has 1 amide bonds. The van der Waals surface area contributed by atoms with Crippen molar-refractivity contribution in [2.24, 2.45) is 0 Å². The van der Waals surface area contributed by atoms with E-state index in [9.17, 15) is 14.4 Å². The first-order chi connectivity index (χ1) is 15.5. The zero-order valence-corrected chi connectivity index (χ0v) is 18.0. The fourth-order valence-corrected chi connectivity index (χ4v) is 4.61. The number of carbonyl (C=O) groups excluding carboxylic acids is 2. The van der Waals surface area contributed by atoms with Crippen molar-refractivity contribution in [1.29, 1.82) is 0 Å². The average molecular weight is 431 g/mol. The molecule has 0 N–H and O–H groups in total. The summed E-state index contributed by atoms with van der Waals surface area (Å²) in [5, 5.41) is 0.491. The SMILES string of the molecule is CC(OC(=O)c1ccc2c(=O)n3c(nc2c1)CCCCC3)C(=O)N1CCc2ccccc21. The van der Waals surface area contributed by atoms with Crippen LogP contribution < -0.4 is 10.5 Å². The molecule has 7 heteroatoms. The van der Waals surface area contributed by atoms with Gasteiger partial charge < -0.3 is 9.64 Å². The minimum atomic E-state index is -0.921. The molecule has 32 heavy (non-hydrogen) atoms. The van der Waals surface area contributed by atoms with Crippen LogP contribution in [0.25, 0.3) is 10.9 Å². The lowest BCUT2D eigenvalue weighted by Gasteiger charge is -2.21. The van der Waals surface area contributed by atoms with E-state index in [2.05, 4.69) is 4.98 Å². The highest BCUT2D eigenvalue weighted by molar-refractivity contribution is 6.01. The van der Waals surface area contributed by atoms with Crippen LogP contribution in [0.4, 0.5) is 5.69 Å². The summed E-state index contributed by atoms with van der Waals surface area (Å²) in [5.74, 6) is -0.0791. The zero-order chi connectivity index (χ0) is 22.2. The Bertz CT molecular complexity index is 1280. The van der Waals surface area contributed by atoms with Gasteiger partial charge in [-0.25, -0.2) is 9.78 Å². The van der Waals surface area contributed by atoms with Crippen molar-refractivity contribution in [2.75, 3.05) is 11.4 Å². The van der Waals surface area contributed by atoms with E-state index in [1.165, 1.54) is 0 Å². The summed E-state index contributed by atoms with van der Waals surface area (Å²) >= 11 is 0. The second-order valence-electron chi connectivity index (χ2n) is 8.44. The number of benzene rings is 2. The van der Waals surface area contributed by atoms with Gasteiger partial charge in [0.15, 0.2) is 6.10 Å². The molecule has 0 aliphatic carbocycles. The molecular formula is C25H25N3O4. The van der Waals surface area contributed by atoms with Gasteiger partial charge in [0, 0.05) is 25.2 Å². The summed E-state index contributed by atoms with van der Waals surface area (Å²) in [7, 11) is 0. The number of amides is 1. The van der Waals surface area contributed by atoms with Crippen molar-refractivity contribution in [3.05, 3.63) is 69.8 Å². The van der Waals surface area contributed by atoms with E-state index in [-0.39, 0.29) is 17.0 Å². The van der Waals surface area contributed by atoms with Crippen LogP contribution in [0, 0.1) is 0 Å². The third-order valence-corrected chi connectivity index (χ3v) is 6.34. The Balaban J connectivity index is 1.37. The van der Waals surface area contributed by atoms with Crippen molar-refractivity contribution in [2.45, 2.75) is 51.7 Å². The Hall–Kier alpha value is -3.48. The molecule has 0 saturated heterocycles. The van der Waals surface area contributed by atoms with Crippen LogP contribution in [0.3, 0.4) is 0 Å². The molecule has 1 aromatic heterocycles. The molecule has 3 heterocycles. The van der Waals surface area contributed by atoms with Crippen LogP contribution in [-0.4, -0.2) is 34.1 Å². The topological polar surface area (TPSA) is 81.5 Å². The molecule has 7 nitrogen and oxygen atoms in total. The van der Waals surface area contributed by atoms with Gasteiger partial charge in [0.1, 0.15) is 5.82 Å². The smallest absolute Gasteiger partial charge is 0.338 e. The molecule has 5 rings (SSSR count). The van der Waals surface area contributed by atoms with Gasteiger partial charge in [0.2, 0.25) is 0 Å². The maximum absolute atomic E-state index is 12.9. The van der Waals surface area contributed by atoms with Crippen molar-refractivity contribution < 1.29 is 14.3 Å². The number of hydrogen-bond donors (Lipinski definition) is 0. The van der Waals surface area contributed by atoms with Gasteiger partial charge in [-0.05, 0) is 56.0 Å². The molecule has 2 aliphatic heterocycles. The highest BCUT2D eigenvalue weighted by Gasteiger charge is 2.30. The number of rotatable bonds is 3. The zero-order valence-electron chi connectivity index (χ0n) is 18.0. The van der Waals surface area contributed by atoms with Crippen molar-refractivity contribution >= 4 is 28.5 Å². The number of nitrogens with zero attached hydrogens (tertiary/aromatic N) is 3. The third-order valence-electron chi connectivity index (χ3n) is 6.34. The van der Waals surface area contributed by atoms with E-state index >= 15 is 0 Å². The molecule has 2 aliphatic rings. The number of esters is 1. The highest BCUT2D eigenvalue weighted by atomic mass is 16.5. The van der Waals surface area contributed by atoms with Gasteiger partial charge in [-0.3, -0.25) is 14.2 Å². The summed E-state index contributed by atoms with van der Waals surface area (Å²) < 4.78 is 7.25. The Morgan fingerprint density at radius 1 is 1.03 bits per heavy atom. The van der Waals surface area contributed by atoms with Crippen molar-refractivity contribution in [3.8, 4) is 0 Å². The largest absolute Gasteiger partial charge is 0.449 e. The average Bonchev–Trinajstić information content (AvgIpc) is 3.09. The van der Waals surface area contributed by atoms with Crippen LogP contribution in [0.15, 0.2) is 47.3 Å². The summed E-state index contributed by atoms with van der Waals surface area (Å²) in [6.45, 7) is 2.85. The molecule has 0 saturated carbocycles. The Kier molecular flexibility index (Phi) is 5.25. The van der Waals surface area contributed by atoms with Crippen LogP contribution in [0.1, 0.15) is 47.9 Å². The summed E-state index contributed by atoms with van der Waals surface area (Å²) in [6, 6.07) is 12.5. The number of aryl methyl sites for hydroxylation is 1. The fraction of sp³-hybridized carbons (Fsp3) is 0.360. The standard InChI is InChI=1S/C25H25N3O4/c1-16(23(29)27-14-12-17-7-4-5-8-21(17)27)32-25(31)18-10-11-19-20(15-18)26-22-9-3-2-6-13-28(22)24(19)30/h4-5,7-8,10-11,15-16H,2-3,6,9,12-14H2,1H3. The van der Waals surface area contributed by atoms with Gasteiger partial charge in [0.25, 0.3) is 11.5 Å². The minimum Gasteiger partial charge on any atom is -0.449 e. The third kappa shape index (κ3) is 3.57. The quantitative estimate of drug-likeness (QED) is 0.595. The molecule has 0 spiro atoms. The monoisotopic (exact) mass is 431 g/mol. The van der Waals surface area contributed by atoms with Crippen LogP contribution in [0.2, 0.25) is 0 Å². The van der Waals surface area contributed by atoms with Crippen LogP contribution in [-0.2, 0) is 28.9 Å². The minimum absolute atomic E-state index is 0.0666. The van der Waals surface area contributed by atoms with Gasteiger partial charge in [-0.15, -0.1) is 0 Å². The number of para-hydroxylation sites is 1. The summed E-state index contributed by atoms with van der Waals surface area (Å²) in [4.78, 5) is 44.9. The first-order valence-electron chi connectivity index (χ1n) is 11.2. The number of aromatic nitrogens is 2. The lowest BCUT2D eigenvalue weighted by Crippen LogP contribution is -2.39. The number of ether oxygens (including phenoxy) is 1. The van der Waals surface area contributed by atoms with Crippen LogP contribution >= 0.6 is 0 Å². The Morgan fingerprint density at radius 3 is 2.75 bits per heavy atom. The van der Waals surface area contributed by atoms with Gasteiger partial charge in [-0.2, -0.15) is 0 Å². The summed E-state index contributed by atoms with van der Waals surface area (Å²) in [6.07, 6.45) is 3.66. The normalized spacial score (nSPS) is 16.2. The lowest BCUT2D eigenvalue weighted by molar-refractivity contribution is -0.126. The number of carbonyl (C=O) groups is 2. The molecule has 1 atom stereocenters. The molecule has 0 bridgehead atoms.